The number of primary amides is 1. The van der Waals surface area contributed by atoms with Gasteiger partial charge in [0.2, 0.25) is 12.0 Å². The number of nitrogens with two attached hydrogens (primary N) is 1. The fourth-order valence-corrected chi connectivity index (χ4v) is 8.97. The van der Waals surface area contributed by atoms with Crippen LogP contribution in [-0.4, -0.2) is 78.5 Å². The minimum absolute atomic E-state index is 0.0195. The van der Waals surface area contributed by atoms with Crippen LogP contribution in [0.15, 0.2) is 91.3 Å². The number of imidazole rings is 2. The highest BCUT2D eigenvalue weighted by molar-refractivity contribution is 5.85. The number of benzene rings is 3. The van der Waals surface area contributed by atoms with E-state index in [9.17, 15) is 19.2 Å². The number of rotatable bonds is 10. The molecule has 14 nitrogen and oxygen atoms in total. The molecule has 0 radical (unpaired) electrons. The van der Waals surface area contributed by atoms with Crippen LogP contribution in [0.1, 0.15) is 108 Å². The minimum atomic E-state index is -1.13. The van der Waals surface area contributed by atoms with Gasteiger partial charge in [0.1, 0.15) is 17.2 Å². The molecule has 2 aromatic heterocycles. The largest absolute Gasteiger partial charge is 0.444 e. The van der Waals surface area contributed by atoms with Crippen molar-refractivity contribution in [3.05, 3.63) is 108 Å². The number of likely N-dealkylation sites (tertiary alicyclic amines) is 2. The molecule has 4 amide bonds. The molecule has 3 aliphatic rings. The average Bonchev–Trinajstić information content (AvgIpc) is 4.10. The second-order valence-corrected chi connectivity index (χ2v) is 17.3. The van der Waals surface area contributed by atoms with Crippen molar-refractivity contribution < 1.29 is 28.7 Å². The third kappa shape index (κ3) is 9.48. The molecular formula is C47H54N8O6. The molecule has 5 N–H and O–H groups in total. The summed E-state index contributed by atoms with van der Waals surface area (Å²) in [4.78, 5) is 71.6. The highest BCUT2D eigenvalue weighted by atomic mass is 16.6. The molecular weight excluding hydrogens is 773 g/mol. The second kappa shape index (κ2) is 17.6. The molecule has 61 heavy (non-hydrogen) atoms. The molecule has 5 aromatic rings. The Morgan fingerprint density at radius 3 is 1.74 bits per heavy atom. The summed E-state index contributed by atoms with van der Waals surface area (Å²) < 4.78 is 10.7. The maximum absolute atomic E-state index is 13.8. The highest BCUT2D eigenvalue weighted by Crippen LogP contribution is 2.37. The molecule has 1 aliphatic carbocycles. The third-order valence-corrected chi connectivity index (χ3v) is 12.0. The van der Waals surface area contributed by atoms with E-state index < -0.39 is 23.9 Å². The molecule has 3 aromatic carbocycles. The van der Waals surface area contributed by atoms with Crippen LogP contribution in [0, 0.1) is 5.92 Å². The van der Waals surface area contributed by atoms with E-state index in [-0.39, 0.29) is 35.9 Å². The van der Waals surface area contributed by atoms with Crippen LogP contribution in [0.3, 0.4) is 0 Å². The molecule has 4 heterocycles. The Hall–Kier alpha value is -6.44. The first-order valence-corrected chi connectivity index (χ1v) is 21.3. The summed E-state index contributed by atoms with van der Waals surface area (Å²) in [5.41, 5.74) is 11.2. The number of aromatic nitrogens is 4. The Kier molecular flexibility index (Phi) is 12.0. The smallest absolute Gasteiger partial charge is 0.407 e. The van der Waals surface area contributed by atoms with E-state index in [1.165, 1.54) is 0 Å². The van der Waals surface area contributed by atoms with Crippen LogP contribution in [0.4, 0.5) is 9.59 Å². The first-order chi connectivity index (χ1) is 29.4. The topological polar surface area (TPSA) is 189 Å². The Morgan fingerprint density at radius 2 is 1.21 bits per heavy atom. The van der Waals surface area contributed by atoms with Gasteiger partial charge < -0.3 is 40.3 Å². The Balaban J connectivity index is 0.873. The zero-order valence-electron chi connectivity index (χ0n) is 34.9. The van der Waals surface area contributed by atoms with Crippen molar-refractivity contribution in [3.63, 3.8) is 0 Å². The number of H-pyrrole nitrogens is 2. The van der Waals surface area contributed by atoms with Gasteiger partial charge in [0.25, 0.3) is 5.91 Å². The van der Waals surface area contributed by atoms with Crippen molar-refractivity contribution in [2.75, 3.05) is 13.1 Å². The predicted octanol–water partition coefficient (Wildman–Crippen LogP) is 8.38. The molecule has 0 bridgehead atoms. The molecule has 8 rings (SSSR count). The van der Waals surface area contributed by atoms with Crippen molar-refractivity contribution in [3.8, 4) is 33.6 Å². The van der Waals surface area contributed by atoms with Crippen LogP contribution < -0.4 is 11.1 Å². The minimum Gasteiger partial charge on any atom is -0.444 e. The van der Waals surface area contributed by atoms with Crippen molar-refractivity contribution in [2.24, 2.45) is 11.7 Å². The van der Waals surface area contributed by atoms with E-state index in [2.05, 4.69) is 56.7 Å². The summed E-state index contributed by atoms with van der Waals surface area (Å²) in [5.74, 6) is 1.27. The summed E-state index contributed by atoms with van der Waals surface area (Å²) >= 11 is 0. The fourth-order valence-electron chi connectivity index (χ4n) is 8.97. The Labute approximate surface area is 355 Å². The molecule has 2 saturated heterocycles. The Bertz CT molecular complexity index is 2330. The van der Waals surface area contributed by atoms with Crippen LogP contribution in [0.2, 0.25) is 0 Å². The van der Waals surface area contributed by atoms with Gasteiger partial charge in [-0.3, -0.25) is 9.59 Å². The van der Waals surface area contributed by atoms with Crippen molar-refractivity contribution in [1.29, 1.82) is 0 Å². The number of carbonyl (C=O) groups is 4. The van der Waals surface area contributed by atoms with Crippen molar-refractivity contribution in [2.45, 2.75) is 102 Å². The van der Waals surface area contributed by atoms with E-state index in [1.54, 1.807) is 35.4 Å². The number of alkyl carbamates (subject to hydrolysis) is 1. The quantitative estimate of drug-likeness (QED) is 0.108. The average molecular weight is 827 g/mol. The van der Waals surface area contributed by atoms with Crippen LogP contribution in [0.25, 0.3) is 33.6 Å². The molecule has 1 saturated carbocycles. The van der Waals surface area contributed by atoms with Gasteiger partial charge in [0.15, 0.2) is 0 Å². The monoisotopic (exact) mass is 826 g/mol. The number of nitrogens with zero attached hydrogens (tertiary/aromatic N) is 4. The summed E-state index contributed by atoms with van der Waals surface area (Å²) in [7, 11) is 0. The third-order valence-electron chi connectivity index (χ3n) is 12.0. The Morgan fingerprint density at radius 1 is 0.705 bits per heavy atom. The van der Waals surface area contributed by atoms with Gasteiger partial charge in [-0.2, -0.15) is 0 Å². The number of aromatic amines is 2. The van der Waals surface area contributed by atoms with Gasteiger partial charge in [-0.05, 0) is 94.4 Å². The summed E-state index contributed by atoms with van der Waals surface area (Å²) in [5, 5.41) is 2.97. The standard InChI is InChI=1S/C47H54N8O6/c1-47(2,3)61-46(59)51-35-23-21-34(22-24-35)43(56)54-25-7-11-38(54)41-49-27-36(52-41)31-17-13-29(14-18-31)30-15-19-32(20-16-30)37-28-50-42(53-37)39-12-8-26-55(39)44(57)40(60-45(48)58)33-9-5-4-6-10-33/h4-6,9-10,13-20,27-28,34-35,38-40H,7-8,11-12,21-26H2,1-3H3,(H2,48,58)(H,49,52)(H,50,53)(H,51,59)/t34?,35?,38-,39-,40+/m0/s1. The lowest BCUT2D eigenvalue weighted by molar-refractivity contribution is -0.141. The summed E-state index contributed by atoms with van der Waals surface area (Å²) in [6, 6.07) is 25.1. The number of hydrogen-bond acceptors (Lipinski definition) is 8. The van der Waals surface area contributed by atoms with Crippen molar-refractivity contribution >= 4 is 24.0 Å². The normalized spacial score (nSPS) is 20.9. The summed E-state index contributed by atoms with van der Waals surface area (Å²) in [6.45, 7) is 6.78. The van der Waals surface area contributed by atoms with Crippen LogP contribution in [-0.2, 0) is 19.1 Å². The lowest BCUT2D eigenvalue weighted by Crippen LogP contribution is -2.43. The van der Waals surface area contributed by atoms with E-state index in [0.717, 1.165) is 97.4 Å². The van der Waals surface area contributed by atoms with E-state index in [0.29, 0.717) is 17.9 Å². The summed E-state index contributed by atoms with van der Waals surface area (Å²) in [6.07, 6.45) is 7.40. The van der Waals surface area contributed by atoms with Gasteiger partial charge in [-0.25, -0.2) is 19.6 Å². The molecule has 3 atom stereocenters. The molecule has 14 heteroatoms. The molecule has 0 unspecified atom stereocenters. The fraction of sp³-hybridized carbons (Fsp3) is 0.404. The van der Waals surface area contributed by atoms with Crippen LogP contribution in [0.5, 0.6) is 0 Å². The molecule has 318 valence electrons. The second-order valence-electron chi connectivity index (χ2n) is 17.3. The lowest BCUT2D eigenvalue weighted by Gasteiger charge is -2.33. The molecule has 2 aliphatic heterocycles. The zero-order valence-corrected chi connectivity index (χ0v) is 34.9. The van der Waals surface area contributed by atoms with Crippen LogP contribution >= 0.6 is 0 Å². The SMILES string of the molecule is CC(C)(C)OC(=O)NC1CCC(C(=O)N2CCC[C@H]2c2ncc(-c3ccc(-c4ccc(-c5cnc([C@@H]6CCCN6C(=O)[C@H](OC(N)=O)c6ccccc6)[nH]5)cc4)cc3)[nH]2)CC1. The first kappa shape index (κ1) is 41.3. The first-order valence-electron chi connectivity index (χ1n) is 21.3. The van der Waals surface area contributed by atoms with E-state index in [4.69, 9.17) is 20.2 Å². The predicted molar refractivity (Wildman–Crippen MR) is 229 cm³/mol. The van der Waals surface area contributed by atoms with Gasteiger partial charge in [0, 0.05) is 30.6 Å². The number of nitrogens with one attached hydrogen (secondary N) is 3. The maximum atomic E-state index is 13.8. The molecule has 3 fully saturated rings. The van der Waals surface area contributed by atoms with Gasteiger partial charge in [-0.15, -0.1) is 0 Å². The zero-order chi connectivity index (χ0) is 42.7. The van der Waals surface area contributed by atoms with Gasteiger partial charge in [-0.1, -0.05) is 78.9 Å². The number of carbonyl (C=O) groups excluding carboxylic acids is 4. The van der Waals surface area contributed by atoms with Crippen molar-refractivity contribution in [1.82, 2.24) is 35.1 Å². The van der Waals surface area contributed by atoms with Gasteiger partial charge in [0.05, 0.1) is 35.9 Å². The number of hydrogen-bond donors (Lipinski definition) is 4. The highest BCUT2D eigenvalue weighted by Gasteiger charge is 2.39. The van der Waals surface area contributed by atoms with E-state index in [1.807, 2.05) is 50.1 Å². The van der Waals surface area contributed by atoms with Gasteiger partial charge >= 0.3 is 12.2 Å². The molecule has 0 spiro atoms. The number of amides is 4. The number of ether oxygens (including phenoxy) is 2. The maximum Gasteiger partial charge on any atom is 0.407 e. The van der Waals surface area contributed by atoms with E-state index >= 15 is 0 Å². The lowest BCUT2D eigenvalue weighted by atomic mass is 9.85.